The first-order valence-corrected chi connectivity index (χ1v) is 3.02. The standard InChI is InChI=1S/C9H10.ClH/c1-3-9-7-5-4-6-8(9)2;/h3-7H,1H2,2H3;1H. The summed E-state index contributed by atoms with van der Waals surface area (Å²) in [4.78, 5) is 0. The molecule has 0 spiro atoms. The first kappa shape index (κ1) is 9.25. The van der Waals surface area contributed by atoms with Crippen molar-refractivity contribution in [3.63, 3.8) is 0 Å². The fraction of sp³-hybridized carbons (Fsp3) is 0.111. The molecule has 1 heteroatoms. The Morgan fingerprint density at radius 1 is 1.30 bits per heavy atom. The number of hydrogen-bond acceptors (Lipinski definition) is 0. The smallest absolute Gasteiger partial charge is 0.0233 e. The lowest BCUT2D eigenvalue weighted by atomic mass is 10.1. The molecule has 0 amide bonds. The third-order valence-corrected chi connectivity index (χ3v) is 1.41. The molecule has 0 saturated carbocycles. The largest absolute Gasteiger partial charge is 0.147 e. The van der Waals surface area contributed by atoms with Crippen LogP contribution < -0.4 is 0 Å². The molecule has 54 valence electrons. The van der Waals surface area contributed by atoms with Crippen molar-refractivity contribution in [3.8, 4) is 0 Å². The van der Waals surface area contributed by atoms with E-state index in [4.69, 9.17) is 0 Å². The lowest BCUT2D eigenvalue weighted by Crippen LogP contribution is -1.75. The molecule has 0 bridgehead atoms. The van der Waals surface area contributed by atoms with E-state index in [1.807, 2.05) is 18.2 Å². The number of hydrogen-bond donors (Lipinski definition) is 0. The molecule has 0 fully saturated rings. The third-order valence-electron chi connectivity index (χ3n) is 1.41. The zero-order valence-corrected chi connectivity index (χ0v) is 6.82. The molecule has 1 aromatic rings. The number of rotatable bonds is 1. The Bertz CT molecular complexity index is 216. The molecule has 0 unspecified atom stereocenters. The van der Waals surface area contributed by atoms with Gasteiger partial charge in [-0.25, -0.2) is 0 Å². The molecule has 0 heterocycles. The van der Waals surface area contributed by atoms with Gasteiger partial charge in [0.2, 0.25) is 0 Å². The van der Waals surface area contributed by atoms with E-state index in [-0.39, 0.29) is 12.4 Å². The summed E-state index contributed by atoms with van der Waals surface area (Å²) < 4.78 is 0. The molecule has 0 radical (unpaired) electrons. The minimum absolute atomic E-state index is 0. The van der Waals surface area contributed by atoms with Crippen molar-refractivity contribution < 1.29 is 0 Å². The maximum absolute atomic E-state index is 3.69. The Kier molecular flexibility index (Phi) is 3.82. The highest BCUT2D eigenvalue weighted by Gasteiger charge is 1.86. The molecule has 0 saturated heterocycles. The molecule has 1 rings (SSSR count). The first-order chi connectivity index (χ1) is 4.34. The number of halogens is 1. The number of benzene rings is 1. The van der Waals surface area contributed by atoms with Gasteiger partial charge in [-0.15, -0.1) is 12.4 Å². The minimum Gasteiger partial charge on any atom is -0.147 e. The van der Waals surface area contributed by atoms with E-state index >= 15 is 0 Å². The van der Waals surface area contributed by atoms with Gasteiger partial charge < -0.3 is 0 Å². The quantitative estimate of drug-likeness (QED) is 0.583. The van der Waals surface area contributed by atoms with Crippen molar-refractivity contribution in [2.75, 3.05) is 0 Å². The zero-order valence-electron chi connectivity index (χ0n) is 6.00. The lowest BCUT2D eigenvalue weighted by molar-refractivity contribution is 1.45. The molecular formula is C9H11Cl. The fourth-order valence-electron chi connectivity index (χ4n) is 0.816. The molecule has 0 aliphatic heterocycles. The summed E-state index contributed by atoms with van der Waals surface area (Å²) in [6.45, 7) is 5.77. The summed E-state index contributed by atoms with van der Waals surface area (Å²) in [5.74, 6) is 0. The normalized spacial score (nSPS) is 8.10. The first-order valence-electron chi connectivity index (χ1n) is 3.02. The average molecular weight is 155 g/mol. The Balaban J connectivity index is 0.000000810. The van der Waals surface area contributed by atoms with Crippen LogP contribution in [-0.4, -0.2) is 0 Å². The molecule has 0 atom stereocenters. The van der Waals surface area contributed by atoms with Gasteiger partial charge in [0.25, 0.3) is 0 Å². The van der Waals surface area contributed by atoms with Crippen molar-refractivity contribution in [2.45, 2.75) is 6.92 Å². The van der Waals surface area contributed by atoms with Gasteiger partial charge in [0.15, 0.2) is 0 Å². The second-order valence-electron chi connectivity index (χ2n) is 2.06. The maximum Gasteiger partial charge on any atom is -0.0233 e. The summed E-state index contributed by atoms with van der Waals surface area (Å²) in [5.41, 5.74) is 2.50. The van der Waals surface area contributed by atoms with Crippen molar-refractivity contribution in [1.29, 1.82) is 0 Å². The van der Waals surface area contributed by atoms with Crippen LogP contribution in [-0.2, 0) is 0 Å². The molecule has 1 aromatic carbocycles. The van der Waals surface area contributed by atoms with Gasteiger partial charge in [0.1, 0.15) is 0 Å². The summed E-state index contributed by atoms with van der Waals surface area (Å²) in [6.07, 6.45) is 1.87. The fourth-order valence-corrected chi connectivity index (χ4v) is 0.816. The topological polar surface area (TPSA) is 0 Å². The average Bonchev–Trinajstić information content (AvgIpc) is 1.89. The highest BCUT2D eigenvalue weighted by molar-refractivity contribution is 5.85. The Hall–Kier alpha value is -0.750. The predicted molar refractivity (Wildman–Crippen MR) is 48.5 cm³/mol. The van der Waals surface area contributed by atoms with Gasteiger partial charge in [-0.1, -0.05) is 36.9 Å². The zero-order chi connectivity index (χ0) is 6.69. The van der Waals surface area contributed by atoms with E-state index in [1.54, 1.807) is 0 Å². The maximum atomic E-state index is 3.69. The van der Waals surface area contributed by atoms with E-state index in [0.717, 1.165) is 0 Å². The van der Waals surface area contributed by atoms with Crippen LogP contribution in [0.4, 0.5) is 0 Å². The summed E-state index contributed by atoms with van der Waals surface area (Å²) in [6, 6.07) is 8.19. The van der Waals surface area contributed by atoms with Crippen LogP contribution in [0.1, 0.15) is 11.1 Å². The highest BCUT2D eigenvalue weighted by Crippen LogP contribution is 2.06. The van der Waals surface area contributed by atoms with Crippen LogP contribution in [0.3, 0.4) is 0 Å². The number of aryl methyl sites for hydroxylation is 1. The molecular weight excluding hydrogens is 144 g/mol. The summed E-state index contributed by atoms with van der Waals surface area (Å²) >= 11 is 0. The molecule has 10 heavy (non-hydrogen) atoms. The molecule has 0 N–H and O–H groups in total. The monoisotopic (exact) mass is 154 g/mol. The van der Waals surface area contributed by atoms with Crippen LogP contribution in [0.25, 0.3) is 6.08 Å². The van der Waals surface area contributed by atoms with Gasteiger partial charge in [-0.3, -0.25) is 0 Å². The van der Waals surface area contributed by atoms with Crippen LogP contribution >= 0.6 is 12.4 Å². The summed E-state index contributed by atoms with van der Waals surface area (Å²) in [5, 5.41) is 0. The third kappa shape index (κ3) is 1.89. The van der Waals surface area contributed by atoms with Crippen LogP contribution in [0, 0.1) is 6.92 Å². The van der Waals surface area contributed by atoms with Crippen molar-refractivity contribution in [2.24, 2.45) is 0 Å². The molecule has 0 nitrogen and oxygen atoms in total. The minimum atomic E-state index is 0. The lowest BCUT2D eigenvalue weighted by Gasteiger charge is -1.95. The SMILES string of the molecule is C=Cc1ccccc1C.Cl. The van der Waals surface area contributed by atoms with E-state index in [1.165, 1.54) is 11.1 Å². The van der Waals surface area contributed by atoms with E-state index < -0.39 is 0 Å². The van der Waals surface area contributed by atoms with Gasteiger partial charge in [-0.2, -0.15) is 0 Å². The Morgan fingerprint density at radius 3 is 2.30 bits per heavy atom. The Morgan fingerprint density at radius 2 is 1.90 bits per heavy atom. The van der Waals surface area contributed by atoms with E-state index in [0.29, 0.717) is 0 Å². The molecule has 0 aliphatic rings. The van der Waals surface area contributed by atoms with Gasteiger partial charge in [0, 0.05) is 0 Å². The second-order valence-corrected chi connectivity index (χ2v) is 2.06. The van der Waals surface area contributed by atoms with Crippen molar-refractivity contribution in [3.05, 3.63) is 42.0 Å². The van der Waals surface area contributed by atoms with Crippen LogP contribution in [0.2, 0.25) is 0 Å². The Labute approximate surface area is 68.0 Å². The van der Waals surface area contributed by atoms with Crippen LogP contribution in [0.5, 0.6) is 0 Å². The van der Waals surface area contributed by atoms with Gasteiger partial charge >= 0.3 is 0 Å². The van der Waals surface area contributed by atoms with Crippen LogP contribution in [0.15, 0.2) is 30.8 Å². The van der Waals surface area contributed by atoms with Gasteiger partial charge in [0.05, 0.1) is 0 Å². The van der Waals surface area contributed by atoms with Gasteiger partial charge in [-0.05, 0) is 18.1 Å². The summed E-state index contributed by atoms with van der Waals surface area (Å²) in [7, 11) is 0. The highest BCUT2D eigenvalue weighted by atomic mass is 35.5. The molecule has 0 aliphatic carbocycles. The second kappa shape index (κ2) is 4.13. The van der Waals surface area contributed by atoms with Crippen molar-refractivity contribution in [1.82, 2.24) is 0 Å². The predicted octanol–water partition coefficient (Wildman–Crippen LogP) is 3.06. The van der Waals surface area contributed by atoms with Crippen molar-refractivity contribution >= 4 is 18.5 Å². The van der Waals surface area contributed by atoms with E-state index in [9.17, 15) is 0 Å². The van der Waals surface area contributed by atoms with E-state index in [2.05, 4.69) is 25.6 Å². The molecule has 0 aromatic heterocycles.